The lowest BCUT2D eigenvalue weighted by atomic mass is 10.3. The minimum Gasteiger partial charge on any atom is -0.345 e. The second kappa shape index (κ2) is 5.34. The number of anilines is 1. The number of aromatic nitrogens is 1. The fourth-order valence-corrected chi connectivity index (χ4v) is 2.56. The third-order valence-electron chi connectivity index (χ3n) is 2.38. The van der Waals surface area contributed by atoms with Crippen molar-refractivity contribution >= 4 is 50.7 Å². The third-order valence-corrected chi connectivity index (χ3v) is 3.48. The smallest absolute Gasteiger partial charge is 0.272 e. The van der Waals surface area contributed by atoms with Gasteiger partial charge in [0.2, 0.25) is 0 Å². The van der Waals surface area contributed by atoms with Crippen LogP contribution in [-0.2, 0) is 7.05 Å². The van der Waals surface area contributed by atoms with E-state index in [4.69, 9.17) is 23.2 Å². The quantitative estimate of drug-likeness (QED) is 0.861. The third kappa shape index (κ3) is 2.88. The molecule has 6 heteroatoms. The number of hydrogen-bond donors (Lipinski definition) is 1. The van der Waals surface area contributed by atoms with Gasteiger partial charge in [0.05, 0.1) is 10.7 Å². The highest BCUT2D eigenvalue weighted by Gasteiger charge is 2.12. The van der Waals surface area contributed by atoms with Crippen molar-refractivity contribution in [1.82, 2.24) is 4.57 Å². The lowest BCUT2D eigenvalue weighted by Gasteiger charge is -2.08. The van der Waals surface area contributed by atoms with Crippen molar-refractivity contribution in [2.75, 3.05) is 5.32 Å². The summed E-state index contributed by atoms with van der Waals surface area (Å²) in [6.07, 6.45) is 1.67. The van der Waals surface area contributed by atoms with Crippen LogP contribution in [0.4, 0.5) is 5.69 Å². The summed E-state index contributed by atoms with van der Waals surface area (Å²) in [5.41, 5.74) is 1.14. The van der Waals surface area contributed by atoms with Gasteiger partial charge in [0.15, 0.2) is 0 Å². The molecule has 1 amide bonds. The van der Waals surface area contributed by atoms with Crippen LogP contribution in [0.15, 0.2) is 34.9 Å². The highest BCUT2D eigenvalue weighted by molar-refractivity contribution is 9.10. The van der Waals surface area contributed by atoms with E-state index < -0.39 is 0 Å². The minimum absolute atomic E-state index is 0.229. The number of aryl methyl sites for hydroxylation is 1. The molecule has 0 bridgehead atoms. The number of rotatable bonds is 2. The number of amides is 1. The maximum absolute atomic E-state index is 12.0. The second-order valence-electron chi connectivity index (χ2n) is 3.73. The summed E-state index contributed by atoms with van der Waals surface area (Å²) < 4.78 is 2.39. The van der Waals surface area contributed by atoms with Gasteiger partial charge >= 0.3 is 0 Å². The van der Waals surface area contributed by atoms with Crippen LogP contribution in [0.25, 0.3) is 0 Å². The SMILES string of the molecule is Cn1cc(Cl)cc1C(=O)Nc1ccc(Cl)cc1Br. The monoisotopic (exact) mass is 346 g/mol. The molecule has 0 spiro atoms. The first-order valence-electron chi connectivity index (χ1n) is 5.05. The molecule has 18 heavy (non-hydrogen) atoms. The Morgan fingerprint density at radius 2 is 2.00 bits per heavy atom. The summed E-state index contributed by atoms with van der Waals surface area (Å²) in [5.74, 6) is -0.229. The zero-order valence-electron chi connectivity index (χ0n) is 9.38. The molecule has 0 atom stereocenters. The summed E-state index contributed by atoms with van der Waals surface area (Å²) >= 11 is 15.0. The molecule has 1 heterocycles. The van der Waals surface area contributed by atoms with Gasteiger partial charge in [0.25, 0.3) is 5.91 Å². The molecule has 0 radical (unpaired) electrons. The number of nitrogens with one attached hydrogen (secondary N) is 1. The Bertz CT molecular complexity index is 610. The summed E-state index contributed by atoms with van der Waals surface area (Å²) in [4.78, 5) is 12.0. The van der Waals surface area contributed by atoms with E-state index in [0.717, 1.165) is 4.47 Å². The molecule has 1 N–H and O–H groups in total. The topological polar surface area (TPSA) is 34.0 Å². The van der Waals surface area contributed by atoms with Crippen LogP contribution in [0, 0.1) is 0 Å². The zero-order chi connectivity index (χ0) is 13.3. The molecular weight excluding hydrogens is 339 g/mol. The molecular formula is C12H9BrCl2N2O. The Morgan fingerprint density at radius 1 is 1.28 bits per heavy atom. The summed E-state index contributed by atoms with van der Waals surface area (Å²) in [5, 5.41) is 3.91. The molecule has 0 saturated heterocycles. The van der Waals surface area contributed by atoms with E-state index in [9.17, 15) is 4.79 Å². The van der Waals surface area contributed by atoms with Crippen LogP contribution in [0.3, 0.4) is 0 Å². The highest BCUT2D eigenvalue weighted by Crippen LogP contribution is 2.26. The molecule has 0 aliphatic heterocycles. The van der Waals surface area contributed by atoms with Crippen molar-refractivity contribution in [3.8, 4) is 0 Å². The zero-order valence-corrected chi connectivity index (χ0v) is 12.5. The first kappa shape index (κ1) is 13.5. The van der Waals surface area contributed by atoms with E-state index in [2.05, 4.69) is 21.2 Å². The van der Waals surface area contributed by atoms with Crippen molar-refractivity contribution in [3.05, 3.63) is 50.7 Å². The largest absolute Gasteiger partial charge is 0.345 e. The van der Waals surface area contributed by atoms with E-state index in [1.807, 2.05) is 0 Å². The first-order valence-corrected chi connectivity index (χ1v) is 6.60. The van der Waals surface area contributed by atoms with Gasteiger partial charge in [-0.05, 0) is 40.2 Å². The average Bonchev–Trinajstić information content (AvgIpc) is 2.62. The molecule has 2 aromatic rings. The maximum atomic E-state index is 12.0. The lowest BCUT2D eigenvalue weighted by molar-refractivity contribution is 0.101. The molecule has 0 unspecified atom stereocenters. The molecule has 1 aromatic heterocycles. The summed E-state index contributed by atoms with van der Waals surface area (Å²) in [7, 11) is 1.76. The van der Waals surface area contributed by atoms with Gasteiger partial charge in [-0.25, -0.2) is 0 Å². The molecule has 0 aliphatic carbocycles. The number of benzene rings is 1. The van der Waals surface area contributed by atoms with Crippen LogP contribution in [0.5, 0.6) is 0 Å². The molecule has 3 nitrogen and oxygen atoms in total. The van der Waals surface area contributed by atoms with Crippen LogP contribution >= 0.6 is 39.1 Å². The summed E-state index contributed by atoms with van der Waals surface area (Å²) in [6.45, 7) is 0. The van der Waals surface area contributed by atoms with Crippen LogP contribution in [0.2, 0.25) is 10.0 Å². The Kier molecular flexibility index (Phi) is 4.00. The minimum atomic E-state index is -0.229. The van der Waals surface area contributed by atoms with E-state index in [-0.39, 0.29) is 5.91 Å². The van der Waals surface area contributed by atoms with E-state index in [0.29, 0.717) is 21.4 Å². The predicted octanol–water partition coefficient (Wildman–Crippen LogP) is 4.35. The van der Waals surface area contributed by atoms with E-state index >= 15 is 0 Å². The normalized spacial score (nSPS) is 10.4. The standard InChI is InChI=1S/C12H9BrCl2N2O/c1-17-6-8(15)5-11(17)12(18)16-10-3-2-7(14)4-9(10)13/h2-6H,1H3,(H,16,18). The van der Waals surface area contributed by atoms with Gasteiger partial charge in [-0.3, -0.25) is 4.79 Å². The Hall–Kier alpha value is -0.970. The van der Waals surface area contributed by atoms with Crippen molar-refractivity contribution in [2.24, 2.45) is 7.05 Å². The number of hydrogen-bond acceptors (Lipinski definition) is 1. The molecule has 0 fully saturated rings. The van der Waals surface area contributed by atoms with Gasteiger partial charge in [0.1, 0.15) is 5.69 Å². The van der Waals surface area contributed by atoms with Crippen LogP contribution < -0.4 is 5.32 Å². The van der Waals surface area contributed by atoms with Crippen molar-refractivity contribution in [1.29, 1.82) is 0 Å². The van der Waals surface area contributed by atoms with E-state index in [1.165, 1.54) is 0 Å². The second-order valence-corrected chi connectivity index (χ2v) is 5.46. The van der Waals surface area contributed by atoms with Crippen molar-refractivity contribution < 1.29 is 4.79 Å². The fraction of sp³-hybridized carbons (Fsp3) is 0.0833. The Morgan fingerprint density at radius 3 is 2.56 bits per heavy atom. The Balaban J connectivity index is 2.24. The van der Waals surface area contributed by atoms with Gasteiger partial charge in [-0.15, -0.1) is 0 Å². The van der Waals surface area contributed by atoms with E-state index in [1.54, 1.807) is 42.1 Å². The fourth-order valence-electron chi connectivity index (χ4n) is 1.53. The van der Waals surface area contributed by atoms with Gasteiger partial charge in [-0.2, -0.15) is 0 Å². The first-order chi connectivity index (χ1) is 8.47. The molecule has 2 rings (SSSR count). The van der Waals surface area contributed by atoms with Gasteiger partial charge in [-0.1, -0.05) is 23.2 Å². The highest BCUT2D eigenvalue weighted by atomic mass is 79.9. The molecule has 1 aromatic carbocycles. The molecule has 0 aliphatic rings. The number of halogens is 3. The predicted molar refractivity (Wildman–Crippen MR) is 77.5 cm³/mol. The van der Waals surface area contributed by atoms with Gasteiger partial charge in [0, 0.05) is 22.7 Å². The molecule has 0 saturated carbocycles. The molecule has 94 valence electrons. The maximum Gasteiger partial charge on any atom is 0.272 e. The Labute approximate surface area is 123 Å². The van der Waals surface area contributed by atoms with Crippen LogP contribution in [-0.4, -0.2) is 10.5 Å². The lowest BCUT2D eigenvalue weighted by Crippen LogP contribution is -2.15. The average molecular weight is 348 g/mol. The number of carbonyl (C=O) groups excluding carboxylic acids is 1. The van der Waals surface area contributed by atoms with Crippen LogP contribution in [0.1, 0.15) is 10.5 Å². The summed E-state index contributed by atoms with van der Waals surface area (Å²) in [6, 6.07) is 6.77. The van der Waals surface area contributed by atoms with Crippen molar-refractivity contribution in [3.63, 3.8) is 0 Å². The number of carbonyl (C=O) groups is 1. The number of nitrogens with zero attached hydrogens (tertiary/aromatic N) is 1. The van der Waals surface area contributed by atoms with Gasteiger partial charge < -0.3 is 9.88 Å². The van der Waals surface area contributed by atoms with Crippen molar-refractivity contribution in [2.45, 2.75) is 0 Å².